The second-order valence-corrected chi connectivity index (χ2v) is 7.96. The summed E-state index contributed by atoms with van der Waals surface area (Å²) < 4.78 is 1.76. The van der Waals surface area contributed by atoms with E-state index in [9.17, 15) is 10.1 Å². The van der Waals surface area contributed by atoms with Crippen LogP contribution in [-0.4, -0.2) is 26.7 Å². The number of rotatable bonds is 5. The smallest absolute Gasteiger partial charge is 0.262 e. The zero-order valence-corrected chi connectivity index (χ0v) is 17.5. The molecule has 1 N–H and O–H groups in total. The van der Waals surface area contributed by atoms with Crippen LogP contribution in [0.15, 0.2) is 66.6 Å². The van der Waals surface area contributed by atoms with Crippen molar-refractivity contribution in [1.29, 1.82) is 5.26 Å². The van der Waals surface area contributed by atoms with Crippen molar-refractivity contribution in [3.8, 4) is 23.0 Å². The SMILES string of the molecule is CC1CCCCC1NC(=O)/C(C#N)=C/c1cn(-c2ccccc2)nc1-c1ccncc1. The summed E-state index contributed by atoms with van der Waals surface area (Å²) >= 11 is 0. The Morgan fingerprint density at radius 3 is 2.61 bits per heavy atom. The number of hydrogen-bond acceptors (Lipinski definition) is 4. The molecule has 3 aromatic rings. The molecule has 1 fully saturated rings. The van der Waals surface area contributed by atoms with E-state index >= 15 is 0 Å². The Morgan fingerprint density at radius 2 is 1.90 bits per heavy atom. The van der Waals surface area contributed by atoms with Crippen molar-refractivity contribution in [2.24, 2.45) is 5.92 Å². The van der Waals surface area contributed by atoms with Crippen molar-refractivity contribution in [2.75, 3.05) is 0 Å². The molecule has 1 aliphatic rings. The third-order valence-electron chi connectivity index (χ3n) is 5.81. The predicted molar refractivity (Wildman–Crippen MR) is 120 cm³/mol. The molecule has 2 aromatic heterocycles. The first-order valence-corrected chi connectivity index (χ1v) is 10.6. The average molecular weight is 412 g/mol. The van der Waals surface area contributed by atoms with Gasteiger partial charge < -0.3 is 5.32 Å². The number of nitrogens with zero attached hydrogens (tertiary/aromatic N) is 4. The highest BCUT2D eigenvalue weighted by atomic mass is 16.1. The van der Waals surface area contributed by atoms with Crippen LogP contribution in [0, 0.1) is 17.2 Å². The highest BCUT2D eigenvalue weighted by Gasteiger charge is 2.24. The van der Waals surface area contributed by atoms with Crippen LogP contribution in [0.4, 0.5) is 0 Å². The van der Waals surface area contributed by atoms with Crippen molar-refractivity contribution >= 4 is 12.0 Å². The Bertz CT molecular complexity index is 1110. The number of benzene rings is 1. The molecule has 156 valence electrons. The monoisotopic (exact) mass is 411 g/mol. The average Bonchev–Trinajstić information content (AvgIpc) is 3.24. The lowest BCUT2D eigenvalue weighted by atomic mass is 9.86. The van der Waals surface area contributed by atoms with Gasteiger partial charge in [0.05, 0.1) is 5.69 Å². The van der Waals surface area contributed by atoms with Gasteiger partial charge in [-0.2, -0.15) is 10.4 Å². The van der Waals surface area contributed by atoms with E-state index in [1.165, 1.54) is 6.42 Å². The van der Waals surface area contributed by atoms with Crippen molar-refractivity contribution in [3.05, 3.63) is 72.2 Å². The highest BCUT2D eigenvalue weighted by Crippen LogP contribution is 2.26. The van der Waals surface area contributed by atoms with Crippen LogP contribution in [-0.2, 0) is 4.79 Å². The summed E-state index contributed by atoms with van der Waals surface area (Å²) in [6, 6.07) is 15.7. The summed E-state index contributed by atoms with van der Waals surface area (Å²) in [5.74, 6) is 0.0974. The Labute approximate surface area is 182 Å². The third kappa shape index (κ3) is 4.72. The Morgan fingerprint density at radius 1 is 1.16 bits per heavy atom. The minimum absolute atomic E-state index is 0.0840. The van der Waals surface area contributed by atoms with Gasteiger partial charge in [0.1, 0.15) is 17.3 Å². The van der Waals surface area contributed by atoms with Crippen LogP contribution in [0.3, 0.4) is 0 Å². The lowest BCUT2D eigenvalue weighted by molar-refractivity contribution is -0.118. The van der Waals surface area contributed by atoms with Crippen LogP contribution >= 0.6 is 0 Å². The van der Waals surface area contributed by atoms with Gasteiger partial charge in [-0.25, -0.2) is 4.68 Å². The van der Waals surface area contributed by atoms with Crippen molar-refractivity contribution in [2.45, 2.75) is 38.6 Å². The van der Waals surface area contributed by atoms with Crippen molar-refractivity contribution in [3.63, 3.8) is 0 Å². The van der Waals surface area contributed by atoms with E-state index in [1.807, 2.05) is 48.7 Å². The van der Waals surface area contributed by atoms with E-state index in [1.54, 1.807) is 23.2 Å². The Hall–Kier alpha value is -3.72. The molecule has 0 bridgehead atoms. The zero-order chi connectivity index (χ0) is 21.6. The molecule has 2 heterocycles. The Kier molecular flexibility index (Phi) is 6.23. The molecule has 31 heavy (non-hydrogen) atoms. The van der Waals surface area contributed by atoms with Gasteiger partial charge in [-0.1, -0.05) is 38.0 Å². The van der Waals surface area contributed by atoms with E-state index in [2.05, 4.69) is 23.3 Å². The third-order valence-corrected chi connectivity index (χ3v) is 5.81. The number of nitrogens with one attached hydrogen (secondary N) is 1. The second-order valence-electron chi connectivity index (χ2n) is 7.96. The summed E-state index contributed by atoms with van der Waals surface area (Å²) in [6.07, 6.45) is 11.2. The molecule has 6 heteroatoms. The predicted octanol–water partition coefficient (Wildman–Crippen LogP) is 4.54. The number of para-hydroxylation sites is 1. The number of hydrogen-bond donors (Lipinski definition) is 1. The standard InChI is InChI=1S/C25H25N5O/c1-18-7-5-6-10-23(18)28-25(31)20(16-26)15-21-17-30(22-8-3-2-4-9-22)29-24(21)19-11-13-27-14-12-19/h2-4,8-9,11-15,17-18,23H,5-7,10H2,1H3,(H,28,31)/b20-15+. The largest absolute Gasteiger partial charge is 0.348 e. The lowest BCUT2D eigenvalue weighted by Gasteiger charge is -2.29. The summed E-state index contributed by atoms with van der Waals surface area (Å²) in [5.41, 5.74) is 3.25. The summed E-state index contributed by atoms with van der Waals surface area (Å²) in [4.78, 5) is 17.0. The fraction of sp³-hybridized carbons (Fsp3) is 0.280. The van der Waals surface area contributed by atoms with E-state index < -0.39 is 0 Å². The van der Waals surface area contributed by atoms with Crippen LogP contribution in [0.25, 0.3) is 23.0 Å². The van der Waals surface area contributed by atoms with E-state index in [0.29, 0.717) is 17.2 Å². The summed E-state index contributed by atoms with van der Waals surface area (Å²) in [5, 5.41) is 17.5. The molecule has 4 rings (SSSR count). The van der Waals surface area contributed by atoms with Crippen LogP contribution in [0.5, 0.6) is 0 Å². The van der Waals surface area contributed by atoms with Gasteiger partial charge in [-0.15, -0.1) is 0 Å². The van der Waals surface area contributed by atoms with Gasteiger partial charge in [0, 0.05) is 35.8 Å². The van der Waals surface area contributed by atoms with E-state index in [0.717, 1.165) is 30.5 Å². The molecule has 0 spiro atoms. The lowest BCUT2D eigenvalue weighted by Crippen LogP contribution is -2.41. The number of carbonyl (C=O) groups is 1. The minimum atomic E-state index is -0.325. The zero-order valence-electron chi connectivity index (χ0n) is 17.5. The van der Waals surface area contributed by atoms with Crippen LogP contribution < -0.4 is 5.32 Å². The fourth-order valence-electron chi connectivity index (χ4n) is 4.02. The number of carbonyl (C=O) groups excluding carboxylic acids is 1. The maximum absolute atomic E-state index is 12.9. The topological polar surface area (TPSA) is 83.6 Å². The molecular formula is C25H25N5O. The number of pyridine rings is 1. The normalized spacial score (nSPS) is 18.9. The van der Waals surface area contributed by atoms with E-state index in [4.69, 9.17) is 5.10 Å². The summed E-state index contributed by atoms with van der Waals surface area (Å²) in [6.45, 7) is 2.16. The maximum Gasteiger partial charge on any atom is 0.262 e. The molecule has 2 unspecified atom stereocenters. The maximum atomic E-state index is 12.9. The highest BCUT2D eigenvalue weighted by molar-refractivity contribution is 6.02. The number of aromatic nitrogens is 3. The number of amides is 1. The first kappa shape index (κ1) is 20.5. The minimum Gasteiger partial charge on any atom is -0.348 e. The molecule has 6 nitrogen and oxygen atoms in total. The molecule has 1 amide bonds. The van der Waals surface area contributed by atoms with Gasteiger partial charge in [0.2, 0.25) is 0 Å². The molecule has 1 aromatic carbocycles. The molecule has 1 aliphatic carbocycles. The summed E-state index contributed by atoms with van der Waals surface area (Å²) in [7, 11) is 0. The Balaban J connectivity index is 1.69. The van der Waals surface area contributed by atoms with E-state index in [-0.39, 0.29) is 17.5 Å². The molecule has 0 radical (unpaired) electrons. The van der Waals surface area contributed by atoms with Gasteiger partial charge in [0.15, 0.2) is 0 Å². The van der Waals surface area contributed by atoms with Crippen molar-refractivity contribution < 1.29 is 4.79 Å². The first-order chi connectivity index (χ1) is 15.2. The molecular weight excluding hydrogens is 386 g/mol. The van der Waals surface area contributed by atoms with Gasteiger partial charge in [0.25, 0.3) is 5.91 Å². The molecule has 2 atom stereocenters. The molecule has 0 aliphatic heterocycles. The van der Waals surface area contributed by atoms with Gasteiger partial charge >= 0.3 is 0 Å². The van der Waals surface area contributed by atoms with Gasteiger partial charge in [-0.3, -0.25) is 9.78 Å². The number of nitriles is 1. The first-order valence-electron chi connectivity index (χ1n) is 10.6. The van der Waals surface area contributed by atoms with Crippen LogP contribution in [0.2, 0.25) is 0 Å². The van der Waals surface area contributed by atoms with Gasteiger partial charge in [-0.05, 0) is 49.1 Å². The second kappa shape index (κ2) is 9.40. The fourth-order valence-corrected chi connectivity index (χ4v) is 4.02. The van der Waals surface area contributed by atoms with Crippen LogP contribution in [0.1, 0.15) is 38.2 Å². The van der Waals surface area contributed by atoms with Crippen molar-refractivity contribution in [1.82, 2.24) is 20.1 Å². The molecule has 1 saturated carbocycles. The quantitative estimate of drug-likeness (QED) is 0.494. The molecule has 0 saturated heterocycles.